The summed E-state index contributed by atoms with van der Waals surface area (Å²) in [6, 6.07) is 25.8. The average Bonchev–Trinajstić information content (AvgIpc) is 2.84. The Labute approximate surface area is 191 Å². The van der Waals surface area contributed by atoms with Crippen LogP contribution in [0.1, 0.15) is 25.5 Å². The summed E-state index contributed by atoms with van der Waals surface area (Å²) >= 11 is 0. The van der Waals surface area contributed by atoms with Crippen molar-refractivity contribution in [1.29, 1.82) is 0 Å². The summed E-state index contributed by atoms with van der Waals surface area (Å²) < 4.78 is 27.6. The third-order valence-corrected chi connectivity index (χ3v) is 8.88. The second kappa shape index (κ2) is 10.5. The Bertz CT molecular complexity index is 973. The third kappa shape index (κ3) is 4.39. The van der Waals surface area contributed by atoms with E-state index in [9.17, 15) is 5.11 Å². The molecule has 32 heavy (non-hydrogen) atoms. The van der Waals surface area contributed by atoms with Crippen LogP contribution >= 0.6 is 7.14 Å². The van der Waals surface area contributed by atoms with Gasteiger partial charge in [0.2, 0.25) is 7.14 Å². The number of aliphatic hydroxyl groups is 1. The Balaban J connectivity index is 2.28. The fourth-order valence-electron chi connectivity index (χ4n) is 3.92. The van der Waals surface area contributed by atoms with Gasteiger partial charge in [-0.3, -0.25) is 0 Å². The highest BCUT2D eigenvalue weighted by molar-refractivity contribution is 7.79. The molecule has 1 atom stereocenters. The van der Waals surface area contributed by atoms with Gasteiger partial charge >= 0.3 is 0 Å². The maximum atomic E-state index is 15.2. The Morgan fingerprint density at radius 1 is 0.812 bits per heavy atom. The van der Waals surface area contributed by atoms with Crippen molar-refractivity contribution in [1.82, 2.24) is 0 Å². The molecule has 0 aromatic heterocycles. The molecule has 3 aromatic carbocycles. The minimum atomic E-state index is -3.66. The van der Waals surface area contributed by atoms with E-state index in [0.29, 0.717) is 16.2 Å². The molecule has 0 saturated heterocycles. The summed E-state index contributed by atoms with van der Waals surface area (Å²) in [5, 5.41) is 12.9. The molecule has 0 bridgehead atoms. The van der Waals surface area contributed by atoms with Gasteiger partial charge in [-0.05, 0) is 31.5 Å². The van der Waals surface area contributed by atoms with Crippen LogP contribution in [0.2, 0.25) is 0 Å². The molecule has 5 nitrogen and oxygen atoms in total. The number of benzene rings is 3. The normalized spacial score (nSPS) is 13.0. The minimum absolute atomic E-state index is 0.219. The number of ether oxygens (including phenoxy) is 2. The standard InChI is InChI=1S/C26H32NO4P/c1-5-30-26(31-6-2,25(28)21-17-19-22(20-18-21)27(3)4)32(29,23-13-9-7-10-14-23)24-15-11-8-12-16-24/h7-20,25,28H,5-6H2,1-4H3. The second-order valence-corrected chi connectivity index (χ2v) is 10.5. The van der Waals surface area contributed by atoms with Crippen molar-refractivity contribution in [3.8, 4) is 0 Å². The van der Waals surface area contributed by atoms with Gasteiger partial charge in [0, 0.05) is 43.6 Å². The fourth-order valence-corrected chi connectivity index (χ4v) is 7.23. The van der Waals surface area contributed by atoms with E-state index in [4.69, 9.17) is 9.47 Å². The quantitative estimate of drug-likeness (QED) is 0.361. The van der Waals surface area contributed by atoms with Gasteiger partial charge in [0.1, 0.15) is 6.10 Å². The van der Waals surface area contributed by atoms with E-state index in [2.05, 4.69) is 0 Å². The number of aliphatic hydroxyl groups excluding tert-OH is 1. The van der Waals surface area contributed by atoms with E-state index in [1.54, 1.807) is 0 Å². The summed E-state index contributed by atoms with van der Waals surface area (Å²) in [5.74, 6) is 0. The molecule has 170 valence electrons. The molecule has 1 N–H and O–H groups in total. The Hall–Kier alpha value is -2.43. The first-order valence-electron chi connectivity index (χ1n) is 10.8. The van der Waals surface area contributed by atoms with Crippen molar-refractivity contribution >= 4 is 23.4 Å². The van der Waals surface area contributed by atoms with Crippen LogP contribution in [0.15, 0.2) is 84.9 Å². The first kappa shape index (κ1) is 24.2. The molecule has 0 saturated carbocycles. The lowest BCUT2D eigenvalue weighted by Crippen LogP contribution is -2.48. The summed E-state index contributed by atoms with van der Waals surface area (Å²) in [7, 11) is 0.251. The highest BCUT2D eigenvalue weighted by Crippen LogP contribution is 2.62. The highest BCUT2D eigenvalue weighted by atomic mass is 31.2. The Kier molecular flexibility index (Phi) is 7.91. The van der Waals surface area contributed by atoms with E-state index in [-0.39, 0.29) is 13.2 Å². The predicted molar refractivity (Wildman–Crippen MR) is 131 cm³/mol. The van der Waals surface area contributed by atoms with E-state index < -0.39 is 18.8 Å². The maximum Gasteiger partial charge on any atom is 0.261 e. The summed E-state index contributed by atoms with van der Waals surface area (Å²) in [4.78, 5) is 1.98. The van der Waals surface area contributed by atoms with Crippen molar-refractivity contribution in [2.24, 2.45) is 0 Å². The van der Waals surface area contributed by atoms with Gasteiger partial charge in [0.15, 0.2) is 0 Å². The molecule has 1 unspecified atom stereocenters. The molecule has 0 aliphatic rings. The molecule has 0 fully saturated rings. The lowest BCUT2D eigenvalue weighted by Gasteiger charge is -2.43. The SMILES string of the molecule is CCOC(OCC)(C(O)c1ccc(N(C)C)cc1)P(=O)(c1ccccc1)c1ccccc1. The van der Waals surface area contributed by atoms with E-state index in [1.807, 2.05) is 118 Å². The first-order valence-corrected chi connectivity index (χ1v) is 12.6. The number of rotatable bonds is 10. The zero-order valence-electron chi connectivity index (χ0n) is 19.1. The minimum Gasteiger partial charge on any atom is -0.382 e. The summed E-state index contributed by atoms with van der Waals surface area (Å²) in [6.07, 6.45) is -1.29. The molecule has 0 heterocycles. The number of hydrogen-bond donors (Lipinski definition) is 1. The van der Waals surface area contributed by atoms with Crippen molar-refractivity contribution in [3.05, 3.63) is 90.5 Å². The van der Waals surface area contributed by atoms with E-state index in [1.165, 1.54) is 0 Å². The van der Waals surface area contributed by atoms with Crippen LogP contribution in [0, 0.1) is 0 Å². The zero-order valence-corrected chi connectivity index (χ0v) is 20.0. The van der Waals surface area contributed by atoms with Crippen LogP contribution in [0.25, 0.3) is 0 Å². The molecule has 6 heteroatoms. The van der Waals surface area contributed by atoms with Gasteiger partial charge in [0.05, 0.1) is 0 Å². The van der Waals surface area contributed by atoms with Gasteiger partial charge in [-0.15, -0.1) is 0 Å². The number of nitrogens with zero attached hydrogens (tertiary/aromatic N) is 1. The second-order valence-electron chi connectivity index (χ2n) is 7.67. The number of hydrogen-bond acceptors (Lipinski definition) is 5. The molecule has 0 spiro atoms. The smallest absolute Gasteiger partial charge is 0.261 e. The van der Waals surface area contributed by atoms with Crippen molar-refractivity contribution < 1.29 is 19.1 Å². The van der Waals surface area contributed by atoms with Crippen molar-refractivity contribution in [3.63, 3.8) is 0 Å². The van der Waals surface area contributed by atoms with Gasteiger partial charge in [-0.1, -0.05) is 72.8 Å². The maximum absolute atomic E-state index is 15.2. The molecule has 0 amide bonds. The van der Waals surface area contributed by atoms with Crippen LogP contribution in [0.5, 0.6) is 0 Å². The summed E-state index contributed by atoms with van der Waals surface area (Å²) in [6.45, 7) is 4.07. The molecular weight excluding hydrogens is 421 g/mol. The predicted octanol–water partition coefficient (Wildman–Crippen LogP) is 4.53. The van der Waals surface area contributed by atoms with Crippen LogP contribution in [-0.4, -0.2) is 37.9 Å². The largest absolute Gasteiger partial charge is 0.382 e. The fraction of sp³-hybridized carbons (Fsp3) is 0.308. The lowest BCUT2D eigenvalue weighted by molar-refractivity contribution is -0.226. The van der Waals surface area contributed by atoms with Crippen LogP contribution in [0.3, 0.4) is 0 Å². The molecule has 0 aliphatic carbocycles. The topological polar surface area (TPSA) is 59.0 Å². The molecule has 3 aromatic rings. The molecule has 0 radical (unpaired) electrons. The van der Waals surface area contributed by atoms with Crippen molar-refractivity contribution in [2.45, 2.75) is 25.5 Å². The monoisotopic (exact) mass is 453 g/mol. The van der Waals surface area contributed by atoms with Gasteiger partial charge in [-0.25, -0.2) is 0 Å². The van der Waals surface area contributed by atoms with Crippen molar-refractivity contribution in [2.75, 3.05) is 32.2 Å². The zero-order chi connectivity index (χ0) is 23.2. The number of anilines is 1. The molecular formula is C26H32NO4P. The van der Waals surface area contributed by atoms with E-state index in [0.717, 1.165) is 5.69 Å². The third-order valence-electron chi connectivity index (χ3n) is 5.45. The summed E-state index contributed by atoms with van der Waals surface area (Å²) in [5.41, 5.74) is -0.225. The van der Waals surface area contributed by atoms with E-state index >= 15 is 4.57 Å². The van der Waals surface area contributed by atoms with Gasteiger partial charge in [0.25, 0.3) is 5.53 Å². The van der Waals surface area contributed by atoms with Gasteiger partial charge in [-0.2, -0.15) is 0 Å². The van der Waals surface area contributed by atoms with Crippen LogP contribution in [-0.2, 0) is 14.0 Å². The average molecular weight is 454 g/mol. The first-order chi connectivity index (χ1) is 15.4. The molecule has 0 aliphatic heterocycles. The Morgan fingerprint density at radius 2 is 1.25 bits per heavy atom. The van der Waals surface area contributed by atoms with Gasteiger partial charge < -0.3 is 24.0 Å². The highest BCUT2D eigenvalue weighted by Gasteiger charge is 2.58. The van der Waals surface area contributed by atoms with Crippen LogP contribution in [0.4, 0.5) is 5.69 Å². The molecule has 3 rings (SSSR count). The Morgan fingerprint density at radius 3 is 1.62 bits per heavy atom. The lowest BCUT2D eigenvalue weighted by atomic mass is 10.1. The van der Waals surface area contributed by atoms with Crippen LogP contribution < -0.4 is 15.5 Å².